The highest BCUT2D eigenvalue weighted by Gasteiger charge is 2.52. The van der Waals surface area contributed by atoms with Crippen molar-refractivity contribution in [2.45, 2.75) is 38.9 Å². The summed E-state index contributed by atoms with van der Waals surface area (Å²) >= 11 is 5.39. The number of benzene rings is 12. The molecule has 1 fully saturated rings. The zero-order valence-corrected chi connectivity index (χ0v) is 54.2. The Bertz CT molecular complexity index is 5980. The van der Waals surface area contributed by atoms with Gasteiger partial charge in [0.05, 0.1) is 62.0 Å². The summed E-state index contributed by atoms with van der Waals surface area (Å²) in [6.45, 7) is 8.34. The quantitative estimate of drug-likeness (QED) is 0.121. The molecule has 9 nitrogen and oxygen atoms in total. The Morgan fingerprint density at radius 3 is 1.41 bits per heavy atom. The number of furan rings is 1. The number of hydrogen-bond acceptors (Lipinski definition) is 8. The smallest absolute Gasteiger partial charge is 0.464 e. The first kappa shape index (κ1) is 57.3. The van der Waals surface area contributed by atoms with Gasteiger partial charge in [0.2, 0.25) is 11.9 Å². The van der Waals surface area contributed by atoms with Crippen molar-refractivity contribution in [1.82, 2.24) is 29.1 Å². The van der Waals surface area contributed by atoms with Gasteiger partial charge in [-0.15, -0.1) is 11.3 Å². The SMILES string of the molecule is Brc1ccc2c(c1)c1ccccc1n2-c1nc(-c2ccccc2)c2ccc3ccccc3c2n1.CC1(C)OB(c2csc3ccccc23)OC1(C)C.c1ccc(-c2nc(-n3c4ccccc4c4cc(-c5coc6ccccc56)ccc43)nc3c2ccc2ccccc23)cc1. The minimum absolute atomic E-state index is 0.258. The van der Waals surface area contributed by atoms with E-state index in [0.717, 1.165) is 125 Å². The van der Waals surface area contributed by atoms with E-state index in [4.69, 9.17) is 33.7 Å². The topological polar surface area (TPSA) is 93.0 Å². The van der Waals surface area contributed by atoms with E-state index in [2.05, 4.69) is 301 Å². The molecule has 0 saturated carbocycles. The fraction of sp³-hybridized carbons (Fsp3) is 0.0732. The van der Waals surface area contributed by atoms with E-state index in [1.54, 1.807) is 11.3 Å². The normalized spacial score (nSPS) is 13.6. The number of aromatic nitrogens is 6. The molecule has 0 spiro atoms. The fourth-order valence-corrected chi connectivity index (χ4v) is 14.7. The van der Waals surface area contributed by atoms with Crippen molar-refractivity contribution in [2.75, 3.05) is 0 Å². The maximum atomic E-state index is 6.10. The summed E-state index contributed by atoms with van der Waals surface area (Å²) < 4.78 is 24.8. The molecule has 12 heteroatoms. The van der Waals surface area contributed by atoms with Crippen LogP contribution in [0.3, 0.4) is 0 Å². The number of nitrogens with zero attached hydrogens (tertiary/aromatic N) is 6. The number of para-hydroxylation sites is 3. The van der Waals surface area contributed by atoms with Crippen LogP contribution in [0.5, 0.6) is 0 Å². The zero-order valence-electron chi connectivity index (χ0n) is 51.8. The van der Waals surface area contributed by atoms with Gasteiger partial charge in [0.25, 0.3) is 0 Å². The van der Waals surface area contributed by atoms with Gasteiger partial charge >= 0.3 is 7.12 Å². The molecule has 0 aliphatic carbocycles. The summed E-state index contributed by atoms with van der Waals surface area (Å²) in [6, 6.07) is 92.8. The summed E-state index contributed by atoms with van der Waals surface area (Å²) in [5.41, 5.74) is 13.9. The summed E-state index contributed by atoms with van der Waals surface area (Å²) in [7, 11) is -0.258. The van der Waals surface area contributed by atoms with E-state index in [-0.39, 0.29) is 18.3 Å². The van der Waals surface area contributed by atoms with Crippen molar-refractivity contribution < 1.29 is 13.7 Å². The predicted octanol–water partition coefficient (Wildman–Crippen LogP) is 21.5. The fourth-order valence-electron chi connectivity index (χ4n) is 13.4. The van der Waals surface area contributed by atoms with Crippen molar-refractivity contribution in [2.24, 2.45) is 0 Å². The highest BCUT2D eigenvalue weighted by Crippen LogP contribution is 2.42. The van der Waals surface area contributed by atoms with Gasteiger partial charge in [-0.3, -0.25) is 9.13 Å². The second-order valence-electron chi connectivity index (χ2n) is 24.9. The van der Waals surface area contributed by atoms with Crippen molar-refractivity contribution in [3.63, 3.8) is 0 Å². The number of fused-ring (bicyclic) bond motifs is 14. The summed E-state index contributed by atoms with van der Waals surface area (Å²) in [5.74, 6) is 1.33. The van der Waals surface area contributed by atoms with Crippen molar-refractivity contribution in [3.05, 3.63) is 283 Å². The van der Waals surface area contributed by atoms with Crippen LogP contribution in [0.25, 0.3) is 154 Å². The number of halogens is 1. The third-order valence-corrected chi connectivity index (χ3v) is 20.2. The van der Waals surface area contributed by atoms with Gasteiger partial charge in [0.1, 0.15) is 5.58 Å². The number of rotatable bonds is 6. The first-order chi connectivity index (χ1) is 46.0. The lowest BCUT2D eigenvalue weighted by Crippen LogP contribution is -2.41. The Morgan fingerprint density at radius 2 is 0.840 bits per heavy atom. The molecule has 0 bridgehead atoms. The van der Waals surface area contributed by atoms with Crippen molar-refractivity contribution in [1.29, 1.82) is 0 Å². The van der Waals surface area contributed by atoms with Crippen molar-refractivity contribution in [3.8, 4) is 45.5 Å². The van der Waals surface area contributed by atoms with Gasteiger partial charge < -0.3 is 13.7 Å². The molecule has 0 radical (unpaired) electrons. The number of hydrogen-bond donors (Lipinski definition) is 0. The third-order valence-electron chi connectivity index (χ3n) is 18.8. The second kappa shape index (κ2) is 22.9. The first-order valence-electron chi connectivity index (χ1n) is 31.5. The van der Waals surface area contributed by atoms with E-state index in [1.807, 2.05) is 30.5 Å². The first-order valence-corrected chi connectivity index (χ1v) is 33.2. The lowest BCUT2D eigenvalue weighted by molar-refractivity contribution is 0.00578. The van der Waals surface area contributed by atoms with Gasteiger partial charge in [0, 0.05) is 79.8 Å². The van der Waals surface area contributed by atoms with Crippen LogP contribution in [0, 0.1) is 0 Å². The van der Waals surface area contributed by atoms with Crippen LogP contribution in [-0.2, 0) is 9.31 Å². The Hall–Kier alpha value is -10.6. The van der Waals surface area contributed by atoms with E-state index < -0.39 is 0 Å². The standard InChI is InChI=1S/C38H23N3O.C30H18BrN3.C14H17BO2S/c1-2-11-25(12-3-1)36-30-20-18-24-10-4-5-13-27(24)37(30)40-38(39-36)41-33-16-8-6-14-28(33)31-22-26(19-21-34(31)41)32-23-42-35-17-9-7-15-29(32)35;31-21-15-17-27-25(18-21)23-12-6-7-13-26(23)34(27)30-32-28(20-9-2-1-3-10-20)24-16-14-19-8-4-5-11-22(19)29(24)33-30;1-13(2)14(3,4)17-15(16-13)11-9-18-12-8-6-5-7-10(11)12/h1-23H;1-18H;5-9H,1-4H3. The van der Waals surface area contributed by atoms with Crippen LogP contribution >= 0.6 is 27.3 Å². The summed E-state index contributed by atoms with van der Waals surface area (Å²) in [4.78, 5) is 20.9. The van der Waals surface area contributed by atoms with Gasteiger partial charge in [-0.05, 0) is 122 Å². The molecule has 12 aromatic carbocycles. The van der Waals surface area contributed by atoms with E-state index in [1.165, 1.54) is 26.2 Å². The van der Waals surface area contributed by atoms with Crippen LogP contribution in [0.4, 0.5) is 0 Å². The van der Waals surface area contributed by atoms with Gasteiger partial charge in [-0.2, -0.15) is 0 Å². The Kier molecular flexibility index (Phi) is 14.0. The third kappa shape index (κ3) is 9.74. The Balaban J connectivity index is 0.000000116. The second-order valence-corrected chi connectivity index (χ2v) is 26.7. The largest absolute Gasteiger partial charge is 0.496 e. The summed E-state index contributed by atoms with van der Waals surface area (Å²) in [5, 5.41) is 15.8. The minimum Gasteiger partial charge on any atom is -0.464 e. The molecule has 1 saturated heterocycles. The van der Waals surface area contributed by atoms with Crippen LogP contribution in [0.2, 0.25) is 0 Å². The molecule has 94 heavy (non-hydrogen) atoms. The maximum absolute atomic E-state index is 6.10. The zero-order chi connectivity index (χ0) is 63.2. The Labute approximate surface area is 554 Å². The molecule has 1 aliphatic rings. The highest BCUT2D eigenvalue weighted by molar-refractivity contribution is 9.10. The predicted molar refractivity (Wildman–Crippen MR) is 394 cm³/mol. The molecule has 0 unspecified atom stereocenters. The van der Waals surface area contributed by atoms with Gasteiger partial charge in [-0.1, -0.05) is 216 Å². The molecule has 0 N–H and O–H groups in total. The average molecular weight is 1300 g/mol. The lowest BCUT2D eigenvalue weighted by Gasteiger charge is -2.32. The molecule has 7 heterocycles. The minimum atomic E-state index is -0.277. The summed E-state index contributed by atoms with van der Waals surface area (Å²) in [6.07, 6.45) is 1.86. The molecule has 1 aliphatic heterocycles. The van der Waals surface area contributed by atoms with Crippen LogP contribution in [-0.4, -0.2) is 47.4 Å². The molecule has 0 amide bonds. The Morgan fingerprint density at radius 1 is 0.383 bits per heavy atom. The molecule has 450 valence electrons. The molecular weight excluding hydrogens is 1240 g/mol. The lowest BCUT2D eigenvalue weighted by atomic mass is 9.79. The average Bonchev–Trinajstić information content (AvgIpc) is 1.47. The molecular formula is C82H58BBrN6O3S. The monoisotopic (exact) mass is 1300 g/mol. The van der Waals surface area contributed by atoms with E-state index in [9.17, 15) is 0 Å². The van der Waals surface area contributed by atoms with Crippen molar-refractivity contribution >= 4 is 148 Å². The van der Waals surface area contributed by atoms with Gasteiger partial charge in [0.15, 0.2) is 0 Å². The molecule has 0 atom stereocenters. The van der Waals surface area contributed by atoms with Gasteiger partial charge in [-0.25, -0.2) is 19.9 Å². The number of thiophene rings is 1. The van der Waals surface area contributed by atoms with Crippen LogP contribution in [0.1, 0.15) is 27.7 Å². The van der Waals surface area contributed by atoms with E-state index >= 15 is 0 Å². The molecule has 18 aromatic rings. The van der Waals surface area contributed by atoms with Crippen LogP contribution < -0.4 is 5.46 Å². The molecule has 6 aromatic heterocycles. The molecule has 19 rings (SSSR count). The maximum Gasteiger partial charge on any atom is 0.496 e. The van der Waals surface area contributed by atoms with Crippen LogP contribution in [0.15, 0.2) is 287 Å². The van der Waals surface area contributed by atoms with E-state index in [0.29, 0.717) is 11.9 Å². The highest BCUT2D eigenvalue weighted by atomic mass is 79.9.